The maximum atomic E-state index is 12.0. The number of hydrogen-bond acceptors (Lipinski definition) is 6. The highest BCUT2D eigenvalue weighted by atomic mass is 16.5. The molecule has 0 spiro atoms. The third-order valence-electron chi connectivity index (χ3n) is 3.84. The van der Waals surface area contributed by atoms with Gasteiger partial charge in [-0.3, -0.25) is 9.59 Å². The van der Waals surface area contributed by atoms with Gasteiger partial charge in [-0.2, -0.15) is 4.98 Å². The Morgan fingerprint density at radius 1 is 1.11 bits per heavy atom. The van der Waals surface area contributed by atoms with Crippen molar-refractivity contribution in [3.63, 3.8) is 0 Å². The minimum Gasteiger partial charge on any atom is -0.497 e. The van der Waals surface area contributed by atoms with Crippen LogP contribution in [0.15, 0.2) is 53.1 Å². The number of aromatic nitrogens is 2. The van der Waals surface area contributed by atoms with Crippen LogP contribution in [0.4, 0.5) is 5.69 Å². The Kier molecular flexibility index (Phi) is 5.46. The lowest BCUT2D eigenvalue weighted by Crippen LogP contribution is -2.13. The average molecular weight is 366 g/mol. The molecule has 0 aliphatic rings. The monoisotopic (exact) mass is 366 g/mol. The van der Waals surface area contributed by atoms with Crippen molar-refractivity contribution in [3.8, 4) is 17.1 Å². The second-order valence-corrected chi connectivity index (χ2v) is 5.73. The summed E-state index contributed by atoms with van der Waals surface area (Å²) in [6.45, 7) is 0. The van der Waals surface area contributed by atoms with Gasteiger partial charge in [0.2, 0.25) is 23.5 Å². The van der Waals surface area contributed by atoms with E-state index in [4.69, 9.17) is 15.0 Å². The molecule has 0 radical (unpaired) electrons. The molecule has 8 nitrogen and oxygen atoms in total. The predicted octanol–water partition coefficient (Wildman–Crippen LogP) is 2.42. The first-order chi connectivity index (χ1) is 13.0. The van der Waals surface area contributed by atoms with Gasteiger partial charge >= 0.3 is 0 Å². The van der Waals surface area contributed by atoms with Crippen LogP contribution in [0.25, 0.3) is 11.4 Å². The number of nitrogens with zero attached hydrogens (tertiary/aromatic N) is 2. The highest BCUT2D eigenvalue weighted by Crippen LogP contribution is 2.20. The van der Waals surface area contributed by atoms with E-state index in [1.165, 1.54) is 0 Å². The summed E-state index contributed by atoms with van der Waals surface area (Å²) in [5.41, 5.74) is 6.93. The molecule has 2 amide bonds. The Morgan fingerprint density at radius 2 is 1.81 bits per heavy atom. The van der Waals surface area contributed by atoms with Crippen LogP contribution in [-0.4, -0.2) is 29.1 Å². The first-order valence-corrected chi connectivity index (χ1v) is 8.22. The molecule has 8 heteroatoms. The van der Waals surface area contributed by atoms with E-state index in [1.807, 2.05) is 24.3 Å². The van der Waals surface area contributed by atoms with Gasteiger partial charge in [-0.25, -0.2) is 0 Å². The first kappa shape index (κ1) is 18.1. The Bertz CT molecular complexity index is 933. The highest BCUT2D eigenvalue weighted by molar-refractivity contribution is 5.94. The Hall–Kier alpha value is -3.68. The Labute approximate surface area is 155 Å². The quantitative estimate of drug-likeness (QED) is 0.662. The minimum absolute atomic E-state index is 0.182. The summed E-state index contributed by atoms with van der Waals surface area (Å²) >= 11 is 0. The molecule has 0 saturated heterocycles. The molecule has 0 atom stereocenters. The number of aryl methyl sites for hydroxylation is 1. The second-order valence-electron chi connectivity index (χ2n) is 5.73. The SMILES string of the molecule is COc1ccc(-c2noc(CCC(=O)Nc3ccc(C(N)=O)cc3)n2)cc1. The summed E-state index contributed by atoms with van der Waals surface area (Å²) in [7, 11) is 1.60. The van der Waals surface area contributed by atoms with Crippen molar-refractivity contribution >= 4 is 17.5 Å². The fourth-order valence-electron chi connectivity index (χ4n) is 2.38. The predicted molar refractivity (Wildman–Crippen MR) is 98.2 cm³/mol. The number of hydrogen-bond donors (Lipinski definition) is 2. The van der Waals surface area contributed by atoms with E-state index >= 15 is 0 Å². The zero-order valence-electron chi connectivity index (χ0n) is 14.6. The van der Waals surface area contributed by atoms with E-state index in [1.54, 1.807) is 31.4 Å². The van der Waals surface area contributed by atoms with Crippen LogP contribution < -0.4 is 15.8 Å². The molecular weight excluding hydrogens is 348 g/mol. The van der Waals surface area contributed by atoms with Crippen LogP contribution in [0.2, 0.25) is 0 Å². The average Bonchev–Trinajstić information content (AvgIpc) is 3.16. The van der Waals surface area contributed by atoms with Crippen LogP contribution >= 0.6 is 0 Å². The number of carbonyl (C=O) groups excluding carboxylic acids is 2. The van der Waals surface area contributed by atoms with Gasteiger partial charge in [0.25, 0.3) is 0 Å². The molecule has 2 aromatic carbocycles. The van der Waals surface area contributed by atoms with Crippen molar-refractivity contribution in [2.75, 3.05) is 12.4 Å². The van der Waals surface area contributed by atoms with Gasteiger partial charge in [0.15, 0.2) is 0 Å². The van der Waals surface area contributed by atoms with Crippen molar-refractivity contribution in [3.05, 3.63) is 60.0 Å². The number of benzene rings is 2. The fourth-order valence-corrected chi connectivity index (χ4v) is 2.38. The van der Waals surface area contributed by atoms with Crippen molar-refractivity contribution in [2.24, 2.45) is 5.73 Å². The molecule has 0 unspecified atom stereocenters. The zero-order valence-corrected chi connectivity index (χ0v) is 14.6. The lowest BCUT2D eigenvalue weighted by molar-refractivity contribution is -0.116. The molecule has 27 heavy (non-hydrogen) atoms. The molecule has 0 fully saturated rings. The normalized spacial score (nSPS) is 10.4. The Balaban J connectivity index is 1.54. The molecule has 3 N–H and O–H groups in total. The lowest BCUT2D eigenvalue weighted by atomic mass is 10.2. The van der Waals surface area contributed by atoms with Crippen LogP contribution in [-0.2, 0) is 11.2 Å². The second kappa shape index (κ2) is 8.13. The largest absolute Gasteiger partial charge is 0.497 e. The van der Waals surface area contributed by atoms with E-state index in [-0.39, 0.29) is 12.3 Å². The lowest BCUT2D eigenvalue weighted by Gasteiger charge is -2.04. The van der Waals surface area contributed by atoms with Crippen LogP contribution in [0.5, 0.6) is 5.75 Å². The maximum absolute atomic E-state index is 12.0. The fraction of sp³-hybridized carbons (Fsp3) is 0.158. The van der Waals surface area contributed by atoms with Gasteiger partial charge in [-0.05, 0) is 48.5 Å². The van der Waals surface area contributed by atoms with Crippen molar-refractivity contribution in [1.82, 2.24) is 10.1 Å². The number of rotatable bonds is 7. The van der Waals surface area contributed by atoms with Gasteiger partial charge in [-0.1, -0.05) is 5.16 Å². The van der Waals surface area contributed by atoms with Gasteiger partial charge in [0.05, 0.1) is 7.11 Å². The molecule has 3 aromatic rings. The zero-order chi connectivity index (χ0) is 19.2. The molecule has 0 saturated carbocycles. The number of methoxy groups -OCH3 is 1. The number of ether oxygens (including phenoxy) is 1. The van der Waals surface area contributed by atoms with Gasteiger partial charge in [0.1, 0.15) is 5.75 Å². The molecule has 1 heterocycles. The summed E-state index contributed by atoms with van der Waals surface area (Å²) in [5, 5.41) is 6.66. The van der Waals surface area contributed by atoms with Gasteiger partial charge in [0, 0.05) is 29.7 Å². The topological polar surface area (TPSA) is 120 Å². The number of carbonyl (C=O) groups is 2. The number of anilines is 1. The minimum atomic E-state index is -0.517. The van der Waals surface area contributed by atoms with E-state index in [0.717, 1.165) is 11.3 Å². The maximum Gasteiger partial charge on any atom is 0.248 e. The molecular formula is C19H18N4O4. The van der Waals surface area contributed by atoms with Gasteiger partial charge in [-0.15, -0.1) is 0 Å². The molecule has 0 aliphatic carbocycles. The Morgan fingerprint density at radius 3 is 2.44 bits per heavy atom. The third kappa shape index (κ3) is 4.69. The molecule has 138 valence electrons. The molecule has 3 rings (SSSR count). The molecule has 1 aromatic heterocycles. The van der Waals surface area contributed by atoms with Crippen molar-refractivity contribution in [1.29, 1.82) is 0 Å². The van der Waals surface area contributed by atoms with E-state index in [9.17, 15) is 9.59 Å². The summed E-state index contributed by atoms with van der Waals surface area (Å²) in [6.07, 6.45) is 0.496. The number of amides is 2. The smallest absolute Gasteiger partial charge is 0.248 e. The highest BCUT2D eigenvalue weighted by Gasteiger charge is 2.11. The van der Waals surface area contributed by atoms with Crippen molar-refractivity contribution in [2.45, 2.75) is 12.8 Å². The van der Waals surface area contributed by atoms with E-state index < -0.39 is 5.91 Å². The summed E-state index contributed by atoms with van der Waals surface area (Å²) in [4.78, 5) is 27.4. The van der Waals surface area contributed by atoms with Crippen LogP contribution in [0.3, 0.4) is 0 Å². The van der Waals surface area contributed by atoms with E-state index in [0.29, 0.717) is 29.4 Å². The van der Waals surface area contributed by atoms with E-state index in [2.05, 4.69) is 15.5 Å². The molecule has 0 bridgehead atoms. The third-order valence-corrected chi connectivity index (χ3v) is 3.84. The number of nitrogens with one attached hydrogen (secondary N) is 1. The number of nitrogens with two attached hydrogens (primary N) is 1. The summed E-state index contributed by atoms with van der Waals surface area (Å²) in [6, 6.07) is 13.6. The molecule has 0 aliphatic heterocycles. The van der Waals surface area contributed by atoms with Crippen LogP contribution in [0, 0.1) is 0 Å². The van der Waals surface area contributed by atoms with Gasteiger partial charge < -0.3 is 20.3 Å². The number of primary amides is 1. The van der Waals surface area contributed by atoms with Crippen LogP contribution in [0.1, 0.15) is 22.7 Å². The first-order valence-electron chi connectivity index (χ1n) is 8.22. The summed E-state index contributed by atoms with van der Waals surface area (Å²) < 4.78 is 10.3. The summed E-state index contributed by atoms with van der Waals surface area (Å²) in [5.74, 6) is 0.848. The van der Waals surface area contributed by atoms with Crippen molar-refractivity contribution < 1.29 is 18.8 Å². The standard InChI is InChI=1S/C19H18N4O4/c1-26-15-8-4-13(5-9-15)19-22-17(27-23-19)11-10-16(24)21-14-6-2-12(3-7-14)18(20)25/h2-9H,10-11H2,1H3,(H2,20,25)(H,21,24).